The van der Waals surface area contributed by atoms with Crippen molar-refractivity contribution in [1.29, 1.82) is 0 Å². The van der Waals surface area contributed by atoms with Gasteiger partial charge in [-0.3, -0.25) is 0 Å². The van der Waals surface area contributed by atoms with Crippen molar-refractivity contribution in [2.24, 2.45) is 0 Å². The maximum atomic E-state index is 11.8. The molecule has 0 radical (unpaired) electrons. The fourth-order valence-corrected chi connectivity index (χ4v) is 9.45. The van der Waals surface area contributed by atoms with Gasteiger partial charge in [-0.15, -0.1) is 0 Å². The molecule has 22 rings (SSSR count). The molecule has 0 spiro atoms. The zero-order valence-corrected chi connectivity index (χ0v) is 38.0. The molecule has 22 aliphatic heterocycles. The normalized spacial score (nSPS) is 52.4. The van der Waals surface area contributed by atoms with Crippen LogP contribution in [0.15, 0.2) is 12.3 Å². The fraction of sp³-hybridized carbons (Fsp3) is 0.951. The monoisotopic (exact) mass is 1040 g/mol. The first-order valence-corrected chi connectivity index (χ1v) is 23.3. The molecule has 0 aliphatic carbocycles. The van der Waals surface area contributed by atoms with E-state index >= 15 is 0 Å². The SMILES string of the molecule is CCC/C=C/O[C@@H]1[C@@H](O)[C@H]2O[C@H]3[C@H](O)[C@@H](O)[C@@H](O[C@H]4[C@H](O)[C@@H](O)[C@@H](O[C@H]5[C@H](O)[C@@H](O)[C@@H](O[C@H]6[C@H](O)[C@@H](O)[C@@H](O[C@H]7[C@H](O)[C@@H](O)[C@@H](O[C@H]1[C@@H](CO)O2)O[C@@H]7CO)O[C@@H]6CO)O[C@@H]5CO)O[C@@H]4CO)O[C@@H]3CO. The van der Waals surface area contributed by atoms with E-state index in [0.717, 1.165) is 0 Å². The summed E-state index contributed by atoms with van der Waals surface area (Å²) in [6.45, 7) is -3.99. The first-order chi connectivity index (χ1) is 34.0. The number of aliphatic hydroxyl groups excluding tert-OH is 17. The van der Waals surface area contributed by atoms with Crippen LogP contribution in [0, 0.1) is 0 Å². The van der Waals surface area contributed by atoms with E-state index in [0.29, 0.717) is 12.8 Å². The molecule has 0 saturated carbocycles. The lowest BCUT2D eigenvalue weighted by molar-refractivity contribution is -0.404. The van der Waals surface area contributed by atoms with Crippen LogP contribution in [-0.4, -0.2) is 311 Å². The molecule has 0 aromatic heterocycles. The zero-order valence-electron chi connectivity index (χ0n) is 38.0. The number of rotatable bonds is 10. The topological polar surface area (TPSA) is 464 Å². The molecule has 22 saturated heterocycles. The Hall–Kier alpha value is -1.62. The average molecular weight is 1040 g/mol. The Kier molecular flexibility index (Phi) is 20.1. The molecule has 30 heteroatoms. The second-order valence-corrected chi connectivity index (χ2v) is 18.1. The highest BCUT2D eigenvalue weighted by Gasteiger charge is 2.59. The molecule has 30 nitrogen and oxygen atoms in total. The van der Waals surface area contributed by atoms with Crippen molar-refractivity contribution >= 4 is 0 Å². The minimum atomic E-state index is -2.15. The highest BCUT2D eigenvalue weighted by molar-refractivity contribution is 5.01. The van der Waals surface area contributed by atoms with Crippen LogP contribution >= 0.6 is 0 Å². The molecule has 71 heavy (non-hydrogen) atoms. The molecule has 12 bridgehead atoms. The van der Waals surface area contributed by atoms with E-state index in [4.69, 9.17) is 61.6 Å². The predicted molar refractivity (Wildman–Crippen MR) is 219 cm³/mol. The minimum Gasteiger partial charge on any atom is -0.493 e. The molecule has 30 atom stereocenters. The van der Waals surface area contributed by atoms with Crippen LogP contribution in [0.25, 0.3) is 0 Å². The van der Waals surface area contributed by atoms with Gasteiger partial charge in [0.25, 0.3) is 0 Å². The summed E-state index contributed by atoms with van der Waals surface area (Å²) >= 11 is 0. The number of hydrogen-bond donors (Lipinski definition) is 17. The molecule has 22 aliphatic rings. The van der Waals surface area contributed by atoms with Gasteiger partial charge in [0.15, 0.2) is 43.8 Å². The zero-order chi connectivity index (χ0) is 51.6. The lowest BCUT2D eigenvalue weighted by Gasteiger charge is -2.51. The van der Waals surface area contributed by atoms with E-state index in [1.165, 1.54) is 6.26 Å². The molecule has 412 valence electrons. The van der Waals surface area contributed by atoms with E-state index in [2.05, 4.69) is 0 Å². The molecular formula is C41H68O30. The summed E-state index contributed by atoms with van der Waals surface area (Å²) in [6.07, 6.45) is -53.1. The number of aliphatic hydroxyl groups is 17. The second-order valence-electron chi connectivity index (χ2n) is 18.1. The van der Waals surface area contributed by atoms with Crippen LogP contribution in [0.5, 0.6) is 0 Å². The smallest absolute Gasteiger partial charge is 0.188 e. The molecule has 22 heterocycles. The van der Waals surface area contributed by atoms with Gasteiger partial charge in [0, 0.05) is 0 Å². The van der Waals surface area contributed by atoms with E-state index in [1.807, 2.05) is 6.92 Å². The van der Waals surface area contributed by atoms with Gasteiger partial charge >= 0.3 is 0 Å². The van der Waals surface area contributed by atoms with Crippen molar-refractivity contribution in [2.75, 3.05) is 39.6 Å². The Balaban J connectivity index is 1.22. The highest BCUT2D eigenvalue weighted by atomic mass is 16.8. The molecule has 0 unspecified atom stereocenters. The first-order valence-electron chi connectivity index (χ1n) is 23.3. The lowest BCUT2D eigenvalue weighted by Crippen LogP contribution is -2.69. The fourth-order valence-electron chi connectivity index (χ4n) is 9.45. The summed E-state index contributed by atoms with van der Waals surface area (Å²) < 4.78 is 75.3. The average Bonchev–Trinajstić information content (AvgIpc) is 3.36. The number of allylic oxidation sites excluding steroid dienone is 1. The van der Waals surface area contributed by atoms with E-state index < -0.39 is 224 Å². The van der Waals surface area contributed by atoms with Crippen molar-refractivity contribution in [1.82, 2.24) is 0 Å². The van der Waals surface area contributed by atoms with Crippen LogP contribution in [0.2, 0.25) is 0 Å². The first kappa shape index (κ1) is 57.1. The van der Waals surface area contributed by atoms with Crippen molar-refractivity contribution < 1.29 is 148 Å². The number of ether oxygens (including phenoxy) is 13. The summed E-state index contributed by atoms with van der Waals surface area (Å²) in [5, 5.41) is 187. The van der Waals surface area contributed by atoms with Crippen LogP contribution < -0.4 is 0 Å². The van der Waals surface area contributed by atoms with Crippen LogP contribution in [0.3, 0.4) is 0 Å². The summed E-state index contributed by atoms with van der Waals surface area (Å²) in [7, 11) is 0. The summed E-state index contributed by atoms with van der Waals surface area (Å²) in [6, 6.07) is 0. The quantitative estimate of drug-likeness (QED) is 0.0904. The predicted octanol–water partition coefficient (Wildman–Crippen LogP) is -10.7. The van der Waals surface area contributed by atoms with Crippen LogP contribution in [-0.2, 0) is 61.6 Å². The van der Waals surface area contributed by atoms with Crippen molar-refractivity contribution in [3.63, 3.8) is 0 Å². The van der Waals surface area contributed by atoms with Gasteiger partial charge in [0.1, 0.15) is 140 Å². The standard InChI is InChI=1S/C41H68O30/c1-2-3-4-5-59-35-28(58)41-65-17(11-47)34(35)71-40-27(57)22(52)32(15(9-45)64-40)69-38-25(55)20(50)30(13(7-43)62-38)67-36-23(53)18(48)29(12(6-42)60-36)66-37-24(54)19(49)31(14(8-44)61-37)68-39-26(56)21(51)33(70-41)16(10-46)63-39/h4-5,12-58H,2-3,6-11H2,1H3/b5-4+/t12-,13-,14-,15-,16-,17-,18-,19-,20-,21-,22-,23-,24-,25-,26-,27-,28-,29-,30-,31-,32-,33-,34+,35-,36-,37-,38-,39-,40-,41-/m1/s1. The second kappa shape index (κ2) is 25.0. The number of unbranched alkanes of at least 4 members (excludes halogenated alkanes) is 1. The van der Waals surface area contributed by atoms with Crippen LogP contribution in [0.4, 0.5) is 0 Å². The molecular weight excluding hydrogens is 972 g/mol. The van der Waals surface area contributed by atoms with Gasteiger partial charge in [-0.05, 0) is 12.5 Å². The summed E-state index contributed by atoms with van der Waals surface area (Å²) in [4.78, 5) is 0. The van der Waals surface area contributed by atoms with E-state index in [-0.39, 0.29) is 0 Å². The van der Waals surface area contributed by atoms with Crippen molar-refractivity contribution in [3.8, 4) is 0 Å². The van der Waals surface area contributed by atoms with E-state index in [1.54, 1.807) is 6.08 Å². The maximum absolute atomic E-state index is 11.8. The largest absolute Gasteiger partial charge is 0.493 e. The van der Waals surface area contributed by atoms with Gasteiger partial charge in [0.05, 0.1) is 45.9 Å². The third-order valence-electron chi connectivity index (χ3n) is 13.4. The molecule has 0 amide bonds. The van der Waals surface area contributed by atoms with Gasteiger partial charge in [-0.25, -0.2) is 0 Å². The molecule has 17 N–H and O–H groups in total. The van der Waals surface area contributed by atoms with Gasteiger partial charge in [-0.2, -0.15) is 0 Å². The van der Waals surface area contributed by atoms with Gasteiger partial charge in [-0.1, -0.05) is 13.3 Å². The lowest BCUT2D eigenvalue weighted by atomic mass is 9.94. The Morgan fingerprint density at radius 3 is 0.775 bits per heavy atom. The van der Waals surface area contributed by atoms with Crippen LogP contribution in [0.1, 0.15) is 19.8 Å². The van der Waals surface area contributed by atoms with Crippen molar-refractivity contribution in [2.45, 2.75) is 204 Å². The molecule has 22 fully saturated rings. The highest BCUT2D eigenvalue weighted by Crippen LogP contribution is 2.38. The Morgan fingerprint density at radius 1 is 0.310 bits per heavy atom. The molecule has 0 aromatic rings. The van der Waals surface area contributed by atoms with Crippen molar-refractivity contribution in [3.05, 3.63) is 12.3 Å². The summed E-state index contributed by atoms with van der Waals surface area (Å²) in [5.41, 5.74) is 0. The Labute approximate surface area is 404 Å². The third kappa shape index (κ3) is 11.7. The third-order valence-corrected chi connectivity index (χ3v) is 13.4. The Bertz CT molecular complexity index is 1640. The minimum absolute atomic E-state index is 0.489. The van der Waals surface area contributed by atoms with Gasteiger partial charge < -0.3 is 148 Å². The number of hydrogen-bond acceptors (Lipinski definition) is 30. The summed E-state index contributed by atoms with van der Waals surface area (Å²) in [5.74, 6) is 0. The maximum Gasteiger partial charge on any atom is 0.188 e. The van der Waals surface area contributed by atoms with E-state index in [9.17, 15) is 86.8 Å². The molecule has 0 aromatic carbocycles. The Morgan fingerprint density at radius 2 is 0.535 bits per heavy atom. The van der Waals surface area contributed by atoms with Gasteiger partial charge in [0.2, 0.25) is 0 Å².